The number of benzene rings is 11. The highest BCUT2D eigenvalue weighted by Crippen LogP contribution is 2.66. The Bertz CT molecular complexity index is 3760. The molecule has 0 fully saturated rings. The maximum atomic E-state index is 2.60. The molecular formula is C64H39N. The first-order valence-corrected chi connectivity index (χ1v) is 22.8. The molecule has 4 aliphatic carbocycles. The van der Waals surface area contributed by atoms with Crippen LogP contribution in [0.5, 0.6) is 0 Å². The Morgan fingerprint density at radius 2 is 0.662 bits per heavy atom. The van der Waals surface area contributed by atoms with Crippen molar-refractivity contribution in [1.82, 2.24) is 0 Å². The lowest BCUT2D eigenvalue weighted by atomic mass is 9.70. The Morgan fingerprint density at radius 1 is 0.246 bits per heavy atom. The fourth-order valence-electron chi connectivity index (χ4n) is 13.2. The van der Waals surface area contributed by atoms with Crippen molar-refractivity contribution in [2.24, 2.45) is 0 Å². The second-order valence-corrected chi connectivity index (χ2v) is 18.2. The third-order valence-corrected chi connectivity index (χ3v) is 15.5. The molecule has 0 unspecified atom stereocenters. The molecule has 15 rings (SSSR count). The lowest BCUT2D eigenvalue weighted by Gasteiger charge is -2.34. The molecule has 0 radical (unpaired) electrons. The van der Waals surface area contributed by atoms with E-state index in [-0.39, 0.29) is 0 Å². The summed E-state index contributed by atoms with van der Waals surface area (Å²) in [7, 11) is 0. The van der Waals surface area contributed by atoms with Crippen molar-refractivity contribution >= 4 is 38.6 Å². The number of nitrogens with zero attached hydrogens (tertiary/aromatic N) is 1. The average Bonchev–Trinajstić information content (AvgIpc) is 4.06. The predicted octanol–water partition coefficient (Wildman–Crippen LogP) is 16.1. The molecular weight excluding hydrogens is 783 g/mol. The summed E-state index contributed by atoms with van der Waals surface area (Å²) in [5.41, 5.74) is 23.7. The van der Waals surface area contributed by atoms with Gasteiger partial charge in [-0.3, -0.25) is 0 Å². The van der Waals surface area contributed by atoms with Gasteiger partial charge >= 0.3 is 0 Å². The molecule has 11 aromatic carbocycles. The van der Waals surface area contributed by atoms with Gasteiger partial charge in [0, 0.05) is 16.6 Å². The molecule has 11 aromatic rings. The van der Waals surface area contributed by atoms with E-state index in [0.717, 1.165) is 11.4 Å². The van der Waals surface area contributed by atoms with Crippen LogP contribution in [0.1, 0.15) is 44.5 Å². The number of rotatable bonds is 3. The molecule has 0 bridgehead atoms. The van der Waals surface area contributed by atoms with Crippen LogP contribution < -0.4 is 4.90 Å². The van der Waals surface area contributed by atoms with Crippen LogP contribution in [0.15, 0.2) is 237 Å². The van der Waals surface area contributed by atoms with Gasteiger partial charge in [0.2, 0.25) is 0 Å². The standard InChI is InChI=1S/C64H39N/c1-2-18-42-40(17-1)35-37-50-43(42)25-15-33-60(50)65(41-36-38-49-48-23-7-13-30-56(48)64(59(49)39-41)54-28-11-5-21-46(54)47-22-6-12-29-55(47)64)61-34-16-32-58-62(61)51-24-8-14-31-57(51)63(58)52-26-9-3-19-44(52)45-20-4-10-27-53(45)63/h1-39H. The van der Waals surface area contributed by atoms with Crippen molar-refractivity contribution in [2.45, 2.75) is 10.8 Å². The topological polar surface area (TPSA) is 3.24 Å². The van der Waals surface area contributed by atoms with Crippen molar-refractivity contribution in [1.29, 1.82) is 0 Å². The van der Waals surface area contributed by atoms with E-state index in [4.69, 9.17) is 0 Å². The van der Waals surface area contributed by atoms with E-state index in [0.29, 0.717) is 0 Å². The van der Waals surface area contributed by atoms with E-state index in [2.05, 4.69) is 241 Å². The number of hydrogen-bond acceptors (Lipinski definition) is 1. The minimum Gasteiger partial charge on any atom is -0.309 e. The molecule has 0 N–H and O–H groups in total. The molecule has 4 aliphatic rings. The molecule has 0 amide bonds. The first-order chi connectivity index (χ1) is 32.3. The van der Waals surface area contributed by atoms with Crippen molar-refractivity contribution in [3.8, 4) is 44.5 Å². The lowest BCUT2D eigenvalue weighted by Crippen LogP contribution is -2.26. The molecule has 0 atom stereocenters. The van der Waals surface area contributed by atoms with Crippen molar-refractivity contribution in [3.63, 3.8) is 0 Å². The van der Waals surface area contributed by atoms with Gasteiger partial charge in [0.05, 0.1) is 22.2 Å². The third kappa shape index (κ3) is 4.24. The smallest absolute Gasteiger partial charge is 0.0726 e. The quantitative estimate of drug-likeness (QED) is 0.161. The third-order valence-electron chi connectivity index (χ3n) is 15.5. The summed E-state index contributed by atoms with van der Waals surface area (Å²) in [6, 6.07) is 89.6. The molecule has 65 heavy (non-hydrogen) atoms. The number of anilines is 3. The van der Waals surface area contributed by atoms with Crippen LogP contribution in [0.3, 0.4) is 0 Å². The molecule has 0 saturated carbocycles. The zero-order valence-corrected chi connectivity index (χ0v) is 35.5. The number of hydrogen-bond donors (Lipinski definition) is 0. The summed E-state index contributed by atoms with van der Waals surface area (Å²) in [5, 5.41) is 4.97. The van der Waals surface area contributed by atoms with Crippen LogP contribution >= 0.6 is 0 Å². The van der Waals surface area contributed by atoms with Gasteiger partial charge in [-0.1, -0.05) is 212 Å². The summed E-state index contributed by atoms with van der Waals surface area (Å²) in [5.74, 6) is 0. The van der Waals surface area contributed by atoms with Crippen LogP contribution in [0.2, 0.25) is 0 Å². The van der Waals surface area contributed by atoms with E-state index in [1.165, 1.54) is 116 Å². The second kappa shape index (κ2) is 12.7. The zero-order valence-electron chi connectivity index (χ0n) is 35.5. The highest BCUT2D eigenvalue weighted by atomic mass is 15.1. The molecule has 0 aromatic heterocycles. The Kier molecular flexibility index (Phi) is 6.88. The van der Waals surface area contributed by atoms with Crippen LogP contribution in [0.4, 0.5) is 17.1 Å². The van der Waals surface area contributed by atoms with Crippen molar-refractivity contribution in [3.05, 3.63) is 281 Å². The average molecular weight is 822 g/mol. The minimum atomic E-state index is -0.470. The Balaban J connectivity index is 1.07. The summed E-state index contributed by atoms with van der Waals surface area (Å²) in [6.45, 7) is 0. The van der Waals surface area contributed by atoms with E-state index < -0.39 is 10.8 Å². The van der Waals surface area contributed by atoms with Crippen LogP contribution in [-0.2, 0) is 10.8 Å². The highest BCUT2D eigenvalue weighted by Gasteiger charge is 2.54. The minimum absolute atomic E-state index is 0.462. The summed E-state index contributed by atoms with van der Waals surface area (Å²) in [4.78, 5) is 2.60. The van der Waals surface area contributed by atoms with Gasteiger partial charge in [0.25, 0.3) is 0 Å². The Morgan fingerprint density at radius 3 is 1.25 bits per heavy atom. The van der Waals surface area contributed by atoms with E-state index >= 15 is 0 Å². The molecule has 0 saturated heterocycles. The molecule has 0 heterocycles. The van der Waals surface area contributed by atoms with Gasteiger partial charge in [-0.05, 0) is 124 Å². The van der Waals surface area contributed by atoms with Crippen LogP contribution in [0.25, 0.3) is 66.1 Å². The van der Waals surface area contributed by atoms with Gasteiger partial charge in [0.1, 0.15) is 0 Å². The maximum Gasteiger partial charge on any atom is 0.0726 e. The van der Waals surface area contributed by atoms with E-state index in [1.807, 2.05) is 0 Å². The predicted molar refractivity (Wildman–Crippen MR) is 269 cm³/mol. The second-order valence-electron chi connectivity index (χ2n) is 18.2. The number of fused-ring (bicyclic) bond motifs is 23. The van der Waals surface area contributed by atoms with Gasteiger partial charge in [-0.2, -0.15) is 0 Å². The van der Waals surface area contributed by atoms with Gasteiger partial charge in [-0.15, -0.1) is 0 Å². The fourth-order valence-corrected chi connectivity index (χ4v) is 13.2. The van der Waals surface area contributed by atoms with Gasteiger partial charge < -0.3 is 4.90 Å². The van der Waals surface area contributed by atoms with Crippen molar-refractivity contribution < 1.29 is 0 Å². The maximum absolute atomic E-state index is 2.60. The molecule has 0 aliphatic heterocycles. The van der Waals surface area contributed by atoms with E-state index in [1.54, 1.807) is 0 Å². The van der Waals surface area contributed by atoms with Crippen molar-refractivity contribution in [2.75, 3.05) is 4.90 Å². The molecule has 300 valence electrons. The molecule has 1 heteroatoms. The van der Waals surface area contributed by atoms with Crippen LogP contribution in [0, 0.1) is 0 Å². The van der Waals surface area contributed by atoms with Gasteiger partial charge in [0.15, 0.2) is 0 Å². The Hall–Kier alpha value is -8.26. The normalized spacial score (nSPS) is 14.4. The van der Waals surface area contributed by atoms with Crippen LogP contribution in [-0.4, -0.2) is 0 Å². The lowest BCUT2D eigenvalue weighted by molar-refractivity contribution is 0.793. The van der Waals surface area contributed by atoms with Gasteiger partial charge in [-0.25, -0.2) is 0 Å². The van der Waals surface area contributed by atoms with E-state index in [9.17, 15) is 0 Å². The first kappa shape index (κ1) is 35.2. The SMILES string of the molecule is c1ccc2c(c1)-c1ccccc1C21c2ccccc2-c2ccc(N(c3cccc4c3-c3ccccc3C43c4ccccc4-c4ccccc43)c3cccc4c3ccc3ccccc34)cc21. The summed E-state index contributed by atoms with van der Waals surface area (Å²) >= 11 is 0. The summed E-state index contributed by atoms with van der Waals surface area (Å²) < 4.78 is 0. The largest absolute Gasteiger partial charge is 0.309 e. The monoisotopic (exact) mass is 821 g/mol. The highest BCUT2D eigenvalue weighted by molar-refractivity contribution is 6.14. The fraction of sp³-hybridized carbons (Fsp3) is 0.0312. The molecule has 2 spiro atoms. The first-order valence-electron chi connectivity index (χ1n) is 22.8. The zero-order chi connectivity index (χ0) is 42.4. The Labute approximate surface area is 378 Å². The summed E-state index contributed by atoms with van der Waals surface area (Å²) in [6.07, 6.45) is 0. The molecule has 1 nitrogen and oxygen atoms in total.